The van der Waals surface area contributed by atoms with Gasteiger partial charge in [-0.2, -0.15) is 0 Å². The topological polar surface area (TPSA) is 43.6 Å². The Morgan fingerprint density at radius 3 is 2.83 bits per heavy atom. The third-order valence-electron chi connectivity index (χ3n) is 3.98. The maximum Gasteiger partial charge on any atom is 0.192 e. The largest absolute Gasteiger partial charge is 0.298 e. The van der Waals surface area contributed by atoms with Crippen LogP contribution in [0.1, 0.15) is 23.9 Å². The van der Waals surface area contributed by atoms with Crippen LogP contribution in [0.25, 0.3) is 20.9 Å². The summed E-state index contributed by atoms with van der Waals surface area (Å²) in [4.78, 5) is 5.91. The molecule has 4 aromatic rings. The predicted molar refractivity (Wildman–Crippen MR) is 101 cm³/mol. The van der Waals surface area contributed by atoms with Gasteiger partial charge in [-0.1, -0.05) is 30.0 Å². The first-order chi connectivity index (χ1) is 11.9. The second-order valence-corrected chi connectivity index (χ2v) is 8.75. The minimum absolute atomic E-state index is 0.565. The van der Waals surface area contributed by atoms with Gasteiger partial charge in [0.2, 0.25) is 0 Å². The molecule has 3 aromatic heterocycles. The Morgan fingerprint density at radius 2 is 2.04 bits per heavy atom. The van der Waals surface area contributed by atoms with Crippen LogP contribution >= 0.6 is 34.4 Å². The number of rotatable bonds is 5. The number of hydrogen-bond donors (Lipinski definition) is 0. The van der Waals surface area contributed by atoms with E-state index in [2.05, 4.69) is 50.5 Å². The first kappa shape index (κ1) is 14.6. The van der Waals surface area contributed by atoms with Crippen molar-refractivity contribution >= 4 is 44.7 Å². The van der Waals surface area contributed by atoms with Crippen molar-refractivity contribution in [3.8, 4) is 10.7 Å². The SMILES string of the molecule is c1csc(-c2nnc(SCc3nc4ccccc4s3)n2C2CC2)c1. The van der Waals surface area contributed by atoms with E-state index in [1.54, 1.807) is 34.4 Å². The zero-order chi connectivity index (χ0) is 15.9. The molecule has 1 aliphatic rings. The number of hydrogen-bond acceptors (Lipinski definition) is 6. The van der Waals surface area contributed by atoms with Gasteiger partial charge in [0.1, 0.15) is 5.01 Å². The minimum atomic E-state index is 0.565. The van der Waals surface area contributed by atoms with E-state index < -0.39 is 0 Å². The lowest BCUT2D eigenvalue weighted by Gasteiger charge is -2.06. The van der Waals surface area contributed by atoms with E-state index in [4.69, 9.17) is 4.98 Å². The number of nitrogens with zero attached hydrogens (tertiary/aromatic N) is 4. The third kappa shape index (κ3) is 2.66. The molecule has 7 heteroatoms. The quantitative estimate of drug-likeness (QED) is 0.450. The number of aromatic nitrogens is 4. The maximum atomic E-state index is 4.72. The second kappa shape index (κ2) is 5.98. The Hall–Kier alpha value is -1.70. The Balaban J connectivity index is 1.43. The summed E-state index contributed by atoms with van der Waals surface area (Å²) in [5, 5.41) is 13.2. The standard InChI is InChI=1S/C17H14N4S3/c1-2-5-13-12(4-1)18-15(24-13)10-23-17-20-19-16(14-6-3-9-22-14)21(17)11-7-8-11/h1-6,9,11H,7-8,10H2. The van der Waals surface area contributed by atoms with E-state index in [1.807, 2.05) is 6.07 Å². The monoisotopic (exact) mass is 370 g/mol. The van der Waals surface area contributed by atoms with Crippen LogP contribution in [0.3, 0.4) is 0 Å². The number of benzene rings is 1. The Labute approximate surface area is 151 Å². The molecule has 1 fully saturated rings. The zero-order valence-electron chi connectivity index (χ0n) is 12.8. The van der Waals surface area contributed by atoms with Crippen LogP contribution in [-0.2, 0) is 5.75 Å². The van der Waals surface area contributed by atoms with E-state index >= 15 is 0 Å². The van der Waals surface area contributed by atoms with Crippen molar-refractivity contribution in [3.05, 3.63) is 46.8 Å². The zero-order valence-corrected chi connectivity index (χ0v) is 15.2. The van der Waals surface area contributed by atoms with Gasteiger partial charge in [-0.25, -0.2) is 4.98 Å². The highest BCUT2D eigenvalue weighted by Crippen LogP contribution is 2.42. The van der Waals surface area contributed by atoms with Gasteiger partial charge in [0.25, 0.3) is 0 Å². The predicted octanol–water partition coefficient (Wildman–Crippen LogP) is 5.24. The first-order valence-electron chi connectivity index (χ1n) is 7.84. The molecular weight excluding hydrogens is 356 g/mol. The van der Waals surface area contributed by atoms with E-state index in [0.717, 1.165) is 27.3 Å². The molecule has 0 radical (unpaired) electrons. The highest BCUT2D eigenvalue weighted by atomic mass is 32.2. The summed E-state index contributed by atoms with van der Waals surface area (Å²) >= 11 is 5.23. The van der Waals surface area contributed by atoms with Crippen molar-refractivity contribution in [1.82, 2.24) is 19.7 Å². The van der Waals surface area contributed by atoms with Crippen LogP contribution in [0.2, 0.25) is 0 Å². The summed E-state index contributed by atoms with van der Waals surface area (Å²) in [6.07, 6.45) is 2.45. The molecule has 1 aliphatic carbocycles. The first-order valence-corrected chi connectivity index (χ1v) is 10.5. The summed E-state index contributed by atoms with van der Waals surface area (Å²) in [6.45, 7) is 0. The normalized spacial score (nSPS) is 14.5. The number of thiophene rings is 1. The average molecular weight is 371 g/mol. The second-order valence-electron chi connectivity index (χ2n) is 5.75. The third-order valence-corrected chi connectivity index (χ3v) is 7.02. The molecule has 0 unspecified atom stereocenters. The lowest BCUT2D eigenvalue weighted by atomic mass is 10.3. The van der Waals surface area contributed by atoms with Gasteiger partial charge in [0.05, 0.1) is 20.8 Å². The fourth-order valence-electron chi connectivity index (χ4n) is 2.72. The smallest absolute Gasteiger partial charge is 0.192 e. The molecule has 0 spiro atoms. The van der Waals surface area contributed by atoms with Crippen LogP contribution in [-0.4, -0.2) is 19.7 Å². The van der Waals surface area contributed by atoms with Crippen LogP contribution in [0.5, 0.6) is 0 Å². The fraction of sp³-hybridized carbons (Fsp3) is 0.235. The van der Waals surface area contributed by atoms with Crippen LogP contribution in [0, 0.1) is 0 Å². The molecule has 0 bridgehead atoms. The van der Waals surface area contributed by atoms with Gasteiger partial charge in [-0.15, -0.1) is 32.9 Å². The minimum Gasteiger partial charge on any atom is -0.298 e. The molecule has 1 aromatic carbocycles. The number of para-hydroxylation sites is 1. The Bertz CT molecular complexity index is 950. The molecule has 0 amide bonds. The van der Waals surface area contributed by atoms with Gasteiger partial charge in [-0.05, 0) is 36.4 Å². The van der Waals surface area contributed by atoms with Gasteiger partial charge in [-0.3, -0.25) is 4.57 Å². The molecule has 5 rings (SSSR count). The van der Waals surface area contributed by atoms with Crippen molar-refractivity contribution in [2.75, 3.05) is 0 Å². The lowest BCUT2D eigenvalue weighted by Crippen LogP contribution is -1.98. The van der Waals surface area contributed by atoms with Crippen molar-refractivity contribution in [1.29, 1.82) is 0 Å². The Kier molecular flexibility index (Phi) is 3.65. The molecule has 0 N–H and O–H groups in total. The molecule has 24 heavy (non-hydrogen) atoms. The maximum absolute atomic E-state index is 4.72. The Morgan fingerprint density at radius 1 is 1.12 bits per heavy atom. The lowest BCUT2D eigenvalue weighted by molar-refractivity contribution is 0.670. The van der Waals surface area contributed by atoms with E-state index in [1.165, 1.54) is 22.4 Å². The van der Waals surface area contributed by atoms with Crippen LogP contribution in [0.15, 0.2) is 46.9 Å². The number of fused-ring (bicyclic) bond motifs is 1. The van der Waals surface area contributed by atoms with E-state index in [0.29, 0.717) is 6.04 Å². The van der Waals surface area contributed by atoms with Gasteiger partial charge < -0.3 is 0 Å². The van der Waals surface area contributed by atoms with E-state index in [9.17, 15) is 0 Å². The van der Waals surface area contributed by atoms with E-state index in [-0.39, 0.29) is 0 Å². The molecular formula is C17H14N4S3. The summed E-state index contributed by atoms with van der Waals surface area (Å²) < 4.78 is 3.57. The van der Waals surface area contributed by atoms with Crippen molar-refractivity contribution in [2.24, 2.45) is 0 Å². The van der Waals surface area contributed by atoms with Crippen molar-refractivity contribution in [2.45, 2.75) is 29.8 Å². The molecule has 3 heterocycles. The van der Waals surface area contributed by atoms with Crippen molar-refractivity contribution < 1.29 is 0 Å². The van der Waals surface area contributed by atoms with Crippen molar-refractivity contribution in [3.63, 3.8) is 0 Å². The van der Waals surface area contributed by atoms with Gasteiger partial charge in [0.15, 0.2) is 11.0 Å². The summed E-state index contributed by atoms with van der Waals surface area (Å²) in [6, 6.07) is 13.1. The summed E-state index contributed by atoms with van der Waals surface area (Å²) in [7, 11) is 0. The van der Waals surface area contributed by atoms with Gasteiger partial charge >= 0.3 is 0 Å². The molecule has 0 atom stereocenters. The van der Waals surface area contributed by atoms with Crippen LogP contribution in [0.4, 0.5) is 0 Å². The summed E-state index contributed by atoms with van der Waals surface area (Å²) in [5.41, 5.74) is 1.08. The highest BCUT2D eigenvalue weighted by Gasteiger charge is 2.30. The molecule has 1 saturated carbocycles. The molecule has 4 nitrogen and oxygen atoms in total. The van der Waals surface area contributed by atoms with Crippen LogP contribution < -0.4 is 0 Å². The summed E-state index contributed by atoms with van der Waals surface area (Å²) in [5.74, 6) is 1.86. The number of thiazole rings is 1. The number of thioether (sulfide) groups is 1. The highest BCUT2D eigenvalue weighted by molar-refractivity contribution is 7.98. The molecule has 0 saturated heterocycles. The average Bonchev–Trinajstić information content (AvgIpc) is 3.05. The fourth-order valence-corrected chi connectivity index (χ4v) is 5.39. The molecule has 120 valence electrons. The van der Waals surface area contributed by atoms with Gasteiger partial charge in [0, 0.05) is 6.04 Å². The molecule has 0 aliphatic heterocycles.